The monoisotopic (exact) mass is 138 g/mol. The van der Waals surface area contributed by atoms with Gasteiger partial charge < -0.3 is 4.18 Å². The van der Waals surface area contributed by atoms with Crippen LogP contribution in [0.15, 0.2) is 36.1 Å². The molecule has 0 aromatic rings. The molecule has 0 saturated heterocycles. The van der Waals surface area contributed by atoms with Crippen LogP contribution in [0.3, 0.4) is 0 Å². The number of fused-ring (bicyclic) bond motifs is 1. The van der Waals surface area contributed by atoms with Gasteiger partial charge in [-0.25, -0.2) is 0 Å². The Morgan fingerprint density at radius 1 is 1.44 bits per heavy atom. The Morgan fingerprint density at radius 2 is 2.44 bits per heavy atom. The highest BCUT2D eigenvalue weighted by molar-refractivity contribution is 7.96. The molecule has 1 aliphatic carbocycles. The molecular weight excluding hydrogens is 132 g/mol. The SMILES string of the molecule is C1=CC2=COSC2C=C1. The Morgan fingerprint density at radius 3 is 3.33 bits per heavy atom. The Kier molecular flexibility index (Phi) is 1.12. The summed E-state index contributed by atoms with van der Waals surface area (Å²) in [4.78, 5) is 0. The molecular formula is C7H6OS. The minimum Gasteiger partial charge on any atom is -0.432 e. The number of hydrogen-bond acceptors (Lipinski definition) is 2. The predicted molar refractivity (Wildman–Crippen MR) is 38.8 cm³/mol. The van der Waals surface area contributed by atoms with Crippen LogP contribution in [0.1, 0.15) is 0 Å². The van der Waals surface area contributed by atoms with Crippen LogP contribution in [0, 0.1) is 0 Å². The highest BCUT2D eigenvalue weighted by Gasteiger charge is 2.18. The third kappa shape index (κ3) is 0.793. The van der Waals surface area contributed by atoms with Crippen LogP contribution in [0.25, 0.3) is 0 Å². The smallest absolute Gasteiger partial charge is 0.106 e. The van der Waals surface area contributed by atoms with Crippen molar-refractivity contribution in [2.75, 3.05) is 0 Å². The Bertz CT molecular complexity index is 200. The molecule has 1 unspecified atom stereocenters. The third-order valence-corrected chi connectivity index (χ3v) is 2.20. The molecule has 0 spiro atoms. The van der Waals surface area contributed by atoms with Gasteiger partial charge in [0.2, 0.25) is 0 Å². The average molecular weight is 138 g/mol. The van der Waals surface area contributed by atoms with E-state index in [1.54, 1.807) is 6.26 Å². The van der Waals surface area contributed by atoms with Crippen molar-refractivity contribution in [3.63, 3.8) is 0 Å². The molecule has 0 aromatic carbocycles. The second-order valence-corrected chi connectivity index (χ2v) is 2.87. The van der Waals surface area contributed by atoms with Crippen molar-refractivity contribution < 1.29 is 4.18 Å². The van der Waals surface area contributed by atoms with Gasteiger partial charge in [0.1, 0.15) is 6.26 Å². The lowest BCUT2D eigenvalue weighted by molar-refractivity contribution is 0.577. The van der Waals surface area contributed by atoms with E-state index in [0.29, 0.717) is 5.25 Å². The number of allylic oxidation sites excluding steroid dienone is 3. The lowest BCUT2D eigenvalue weighted by Crippen LogP contribution is -1.97. The van der Waals surface area contributed by atoms with Crippen molar-refractivity contribution in [1.29, 1.82) is 0 Å². The molecule has 0 N–H and O–H groups in total. The first-order chi connectivity index (χ1) is 4.47. The highest BCUT2D eigenvalue weighted by atomic mass is 32.2. The normalized spacial score (nSPS) is 29.3. The zero-order valence-electron chi connectivity index (χ0n) is 4.78. The van der Waals surface area contributed by atoms with Gasteiger partial charge in [0.25, 0.3) is 0 Å². The Labute approximate surface area is 58.3 Å². The number of rotatable bonds is 0. The third-order valence-electron chi connectivity index (χ3n) is 1.36. The summed E-state index contributed by atoms with van der Waals surface area (Å²) in [5, 5.41) is 0.454. The molecule has 0 aromatic heterocycles. The summed E-state index contributed by atoms with van der Waals surface area (Å²) in [5.41, 5.74) is 1.27. The van der Waals surface area contributed by atoms with Crippen LogP contribution in [0.2, 0.25) is 0 Å². The van der Waals surface area contributed by atoms with Gasteiger partial charge in [-0.1, -0.05) is 24.3 Å². The second-order valence-electron chi connectivity index (χ2n) is 1.97. The highest BCUT2D eigenvalue weighted by Crippen LogP contribution is 2.31. The van der Waals surface area contributed by atoms with Crippen molar-refractivity contribution in [3.8, 4) is 0 Å². The van der Waals surface area contributed by atoms with E-state index in [2.05, 4.69) is 12.2 Å². The van der Waals surface area contributed by atoms with Gasteiger partial charge in [0, 0.05) is 5.57 Å². The van der Waals surface area contributed by atoms with Gasteiger partial charge in [-0.2, -0.15) is 0 Å². The summed E-state index contributed by atoms with van der Waals surface area (Å²) in [6, 6.07) is 0. The molecule has 1 nitrogen and oxygen atoms in total. The second kappa shape index (κ2) is 1.95. The van der Waals surface area contributed by atoms with Crippen molar-refractivity contribution in [3.05, 3.63) is 36.1 Å². The van der Waals surface area contributed by atoms with Crippen LogP contribution in [-0.4, -0.2) is 5.25 Å². The fraction of sp³-hybridized carbons (Fsp3) is 0.143. The molecule has 0 fully saturated rings. The lowest BCUT2D eigenvalue weighted by atomic mass is 10.1. The Hall–Kier alpha value is -0.630. The Balaban J connectivity index is 2.33. The molecule has 0 radical (unpaired) electrons. The van der Waals surface area contributed by atoms with E-state index >= 15 is 0 Å². The topological polar surface area (TPSA) is 9.23 Å². The van der Waals surface area contributed by atoms with Crippen LogP contribution < -0.4 is 0 Å². The maximum atomic E-state index is 5.04. The summed E-state index contributed by atoms with van der Waals surface area (Å²) in [7, 11) is 0. The van der Waals surface area contributed by atoms with Gasteiger partial charge in [-0.3, -0.25) is 0 Å². The molecule has 0 saturated carbocycles. The van der Waals surface area contributed by atoms with Crippen LogP contribution in [-0.2, 0) is 4.18 Å². The molecule has 1 atom stereocenters. The van der Waals surface area contributed by atoms with E-state index in [-0.39, 0.29) is 0 Å². The van der Waals surface area contributed by atoms with E-state index in [1.807, 2.05) is 12.2 Å². The van der Waals surface area contributed by atoms with Gasteiger partial charge in [-0.05, 0) is 0 Å². The van der Waals surface area contributed by atoms with Crippen LogP contribution >= 0.6 is 12.0 Å². The minimum atomic E-state index is 0.454. The summed E-state index contributed by atoms with van der Waals surface area (Å²) in [5.74, 6) is 0. The first kappa shape index (κ1) is 5.18. The molecule has 2 heteroatoms. The summed E-state index contributed by atoms with van der Waals surface area (Å²) < 4.78 is 5.04. The maximum Gasteiger partial charge on any atom is 0.106 e. The van der Waals surface area contributed by atoms with Gasteiger partial charge in [0.05, 0.1) is 17.3 Å². The van der Waals surface area contributed by atoms with Crippen LogP contribution in [0.4, 0.5) is 0 Å². The zero-order chi connectivity index (χ0) is 6.10. The van der Waals surface area contributed by atoms with Crippen molar-refractivity contribution >= 4 is 12.0 Å². The van der Waals surface area contributed by atoms with E-state index in [1.165, 1.54) is 17.6 Å². The van der Waals surface area contributed by atoms with E-state index in [0.717, 1.165) is 0 Å². The quantitative estimate of drug-likeness (QED) is 0.474. The molecule has 2 aliphatic rings. The van der Waals surface area contributed by atoms with Gasteiger partial charge in [0.15, 0.2) is 0 Å². The van der Waals surface area contributed by atoms with E-state index < -0.39 is 0 Å². The molecule has 0 amide bonds. The first-order valence-electron chi connectivity index (χ1n) is 2.84. The largest absolute Gasteiger partial charge is 0.432 e. The molecule has 46 valence electrons. The summed E-state index contributed by atoms with van der Waals surface area (Å²) in [6.45, 7) is 0. The lowest BCUT2D eigenvalue weighted by Gasteiger charge is -2.03. The average Bonchev–Trinajstić information content (AvgIpc) is 2.33. The fourth-order valence-electron chi connectivity index (χ4n) is 0.875. The minimum absolute atomic E-state index is 0.454. The standard InChI is InChI=1S/C7H6OS/c1-2-4-7-6(3-1)5-8-9-7/h1-5,7H. The zero-order valence-corrected chi connectivity index (χ0v) is 5.60. The van der Waals surface area contributed by atoms with Crippen LogP contribution in [0.5, 0.6) is 0 Å². The summed E-state index contributed by atoms with van der Waals surface area (Å²) in [6.07, 6.45) is 10.1. The van der Waals surface area contributed by atoms with Crippen molar-refractivity contribution in [2.24, 2.45) is 0 Å². The van der Waals surface area contributed by atoms with Crippen molar-refractivity contribution in [2.45, 2.75) is 5.25 Å². The maximum absolute atomic E-state index is 5.04. The predicted octanol–water partition coefficient (Wildman–Crippen LogP) is 2.04. The van der Waals surface area contributed by atoms with Crippen molar-refractivity contribution in [1.82, 2.24) is 0 Å². The first-order valence-corrected chi connectivity index (χ1v) is 3.64. The fourth-order valence-corrected chi connectivity index (χ4v) is 1.56. The molecule has 1 heterocycles. The van der Waals surface area contributed by atoms with E-state index in [4.69, 9.17) is 4.18 Å². The molecule has 0 bridgehead atoms. The van der Waals surface area contributed by atoms with E-state index in [9.17, 15) is 0 Å². The molecule has 1 aliphatic heterocycles. The van der Waals surface area contributed by atoms with Gasteiger partial charge >= 0.3 is 0 Å². The van der Waals surface area contributed by atoms with Gasteiger partial charge in [-0.15, -0.1) is 0 Å². The molecule has 9 heavy (non-hydrogen) atoms. The number of hydrogen-bond donors (Lipinski definition) is 0. The molecule has 2 rings (SSSR count). The summed E-state index contributed by atoms with van der Waals surface area (Å²) >= 11 is 1.50.